The van der Waals surface area contributed by atoms with Crippen LogP contribution < -0.4 is 5.73 Å². The molecule has 2 aromatic rings. The molecule has 6 nitrogen and oxygen atoms in total. The van der Waals surface area contributed by atoms with Crippen LogP contribution >= 0.6 is 11.6 Å². The SMILES string of the molecule is CS(=O)(=O)c1cc(C(=O)O[C@@H](C(N)=O)c2ccccc2)ccc1Cl. The highest BCUT2D eigenvalue weighted by Crippen LogP contribution is 2.24. The topological polar surface area (TPSA) is 104 Å². The lowest BCUT2D eigenvalue weighted by molar-refractivity contribution is -0.127. The van der Waals surface area contributed by atoms with E-state index < -0.39 is 27.8 Å². The van der Waals surface area contributed by atoms with Crippen LogP contribution in [0.2, 0.25) is 5.02 Å². The lowest BCUT2D eigenvalue weighted by Crippen LogP contribution is -2.26. The Morgan fingerprint density at radius 1 is 1.12 bits per heavy atom. The lowest BCUT2D eigenvalue weighted by Gasteiger charge is -2.15. The van der Waals surface area contributed by atoms with Crippen molar-refractivity contribution in [1.29, 1.82) is 0 Å². The zero-order chi connectivity index (χ0) is 17.9. The molecule has 8 heteroatoms. The lowest BCUT2D eigenvalue weighted by atomic mass is 10.1. The second kappa shape index (κ2) is 7.02. The normalized spacial score (nSPS) is 12.4. The maximum absolute atomic E-state index is 12.3. The van der Waals surface area contributed by atoms with Gasteiger partial charge in [-0.25, -0.2) is 13.2 Å². The molecule has 126 valence electrons. The van der Waals surface area contributed by atoms with Gasteiger partial charge in [0.25, 0.3) is 5.91 Å². The first-order chi connectivity index (χ1) is 11.2. The summed E-state index contributed by atoms with van der Waals surface area (Å²) in [7, 11) is -3.62. The van der Waals surface area contributed by atoms with Gasteiger partial charge in [0.05, 0.1) is 15.5 Å². The average Bonchev–Trinajstić information content (AvgIpc) is 2.52. The van der Waals surface area contributed by atoms with Gasteiger partial charge in [0.15, 0.2) is 9.84 Å². The maximum atomic E-state index is 12.3. The van der Waals surface area contributed by atoms with E-state index in [1.165, 1.54) is 12.1 Å². The van der Waals surface area contributed by atoms with Crippen LogP contribution in [0.1, 0.15) is 22.0 Å². The summed E-state index contributed by atoms with van der Waals surface area (Å²) < 4.78 is 28.5. The van der Waals surface area contributed by atoms with E-state index in [-0.39, 0.29) is 15.5 Å². The quantitative estimate of drug-likeness (QED) is 0.815. The summed E-state index contributed by atoms with van der Waals surface area (Å²) in [5.74, 6) is -1.73. The Morgan fingerprint density at radius 2 is 1.75 bits per heavy atom. The van der Waals surface area contributed by atoms with Crippen molar-refractivity contribution in [3.63, 3.8) is 0 Å². The Morgan fingerprint density at radius 3 is 2.29 bits per heavy atom. The van der Waals surface area contributed by atoms with Gasteiger partial charge in [0.1, 0.15) is 0 Å². The largest absolute Gasteiger partial charge is 0.444 e. The fourth-order valence-corrected chi connectivity index (χ4v) is 3.31. The monoisotopic (exact) mass is 367 g/mol. The van der Waals surface area contributed by atoms with Gasteiger partial charge < -0.3 is 10.5 Å². The Balaban J connectivity index is 2.33. The third kappa shape index (κ3) is 4.12. The third-order valence-corrected chi connectivity index (χ3v) is 4.73. The Labute approximate surface area is 144 Å². The molecule has 1 atom stereocenters. The Hall–Kier alpha value is -2.38. The summed E-state index contributed by atoms with van der Waals surface area (Å²) >= 11 is 5.83. The standard InChI is InChI=1S/C16H14ClNO5S/c1-24(21,22)13-9-11(7-8-12(13)17)16(20)23-14(15(18)19)10-5-3-2-4-6-10/h2-9,14H,1H3,(H2,18,19)/t14-/m1/s1. The second-order valence-corrected chi connectivity index (χ2v) is 7.41. The molecule has 2 aromatic carbocycles. The first-order valence-electron chi connectivity index (χ1n) is 6.75. The predicted octanol–water partition coefficient (Wildman–Crippen LogP) is 2.13. The van der Waals surface area contributed by atoms with Crippen molar-refractivity contribution in [2.75, 3.05) is 6.26 Å². The molecule has 0 unspecified atom stereocenters. The molecule has 0 spiro atoms. The van der Waals surface area contributed by atoms with Crippen LogP contribution in [0.5, 0.6) is 0 Å². The van der Waals surface area contributed by atoms with Crippen LogP contribution in [0.15, 0.2) is 53.4 Å². The van der Waals surface area contributed by atoms with Crippen molar-refractivity contribution in [3.8, 4) is 0 Å². The van der Waals surface area contributed by atoms with E-state index in [4.69, 9.17) is 22.1 Å². The number of amides is 1. The van der Waals surface area contributed by atoms with Crippen molar-refractivity contribution in [2.45, 2.75) is 11.0 Å². The fourth-order valence-electron chi connectivity index (χ4n) is 2.01. The Kier molecular flexibility index (Phi) is 5.26. The van der Waals surface area contributed by atoms with Crippen molar-refractivity contribution >= 4 is 33.3 Å². The van der Waals surface area contributed by atoms with Crippen LogP contribution in [0, 0.1) is 0 Å². The molecule has 0 saturated heterocycles. The number of carbonyl (C=O) groups is 2. The van der Waals surface area contributed by atoms with Crippen molar-refractivity contribution < 1.29 is 22.7 Å². The molecule has 0 aliphatic rings. The van der Waals surface area contributed by atoms with Gasteiger partial charge in [-0.2, -0.15) is 0 Å². The number of ether oxygens (including phenoxy) is 1. The molecular weight excluding hydrogens is 354 g/mol. The van der Waals surface area contributed by atoms with Gasteiger partial charge in [-0.15, -0.1) is 0 Å². The zero-order valence-corrected chi connectivity index (χ0v) is 14.2. The maximum Gasteiger partial charge on any atom is 0.339 e. The number of benzene rings is 2. The molecule has 24 heavy (non-hydrogen) atoms. The predicted molar refractivity (Wildman–Crippen MR) is 88.4 cm³/mol. The first kappa shape index (κ1) is 18.0. The van der Waals surface area contributed by atoms with E-state index in [1.54, 1.807) is 30.3 Å². The van der Waals surface area contributed by atoms with E-state index in [0.717, 1.165) is 12.3 Å². The summed E-state index contributed by atoms with van der Waals surface area (Å²) in [6.45, 7) is 0. The summed E-state index contributed by atoms with van der Waals surface area (Å²) in [4.78, 5) is 23.6. The van der Waals surface area contributed by atoms with Gasteiger partial charge in [-0.05, 0) is 18.2 Å². The van der Waals surface area contributed by atoms with Gasteiger partial charge >= 0.3 is 5.97 Å². The van der Waals surface area contributed by atoms with Gasteiger partial charge in [-0.1, -0.05) is 41.9 Å². The summed E-state index contributed by atoms with van der Waals surface area (Å²) in [6.07, 6.45) is -0.310. The van der Waals surface area contributed by atoms with E-state index >= 15 is 0 Å². The molecule has 0 radical (unpaired) electrons. The molecule has 1 amide bonds. The summed E-state index contributed by atoms with van der Waals surface area (Å²) in [6, 6.07) is 11.9. The number of hydrogen-bond acceptors (Lipinski definition) is 5. The minimum absolute atomic E-state index is 0.0106. The molecule has 0 bridgehead atoms. The third-order valence-electron chi connectivity index (χ3n) is 3.15. The first-order valence-corrected chi connectivity index (χ1v) is 9.02. The van der Waals surface area contributed by atoms with E-state index in [0.29, 0.717) is 5.56 Å². The van der Waals surface area contributed by atoms with Crippen molar-refractivity contribution in [3.05, 3.63) is 64.7 Å². The summed E-state index contributed by atoms with van der Waals surface area (Å²) in [5.41, 5.74) is 5.64. The van der Waals surface area contributed by atoms with E-state index in [9.17, 15) is 18.0 Å². The molecule has 2 rings (SSSR count). The highest BCUT2D eigenvalue weighted by molar-refractivity contribution is 7.90. The highest BCUT2D eigenvalue weighted by Gasteiger charge is 2.24. The van der Waals surface area contributed by atoms with E-state index in [1.807, 2.05) is 0 Å². The van der Waals surface area contributed by atoms with Crippen molar-refractivity contribution in [2.24, 2.45) is 5.73 Å². The van der Waals surface area contributed by atoms with Crippen LogP contribution in [0.4, 0.5) is 0 Å². The second-order valence-electron chi connectivity index (χ2n) is 5.02. The number of halogens is 1. The van der Waals surface area contributed by atoms with Gasteiger partial charge in [0.2, 0.25) is 6.10 Å². The average molecular weight is 368 g/mol. The summed E-state index contributed by atoms with van der Waals surface area (Å²) in [5, 5.41) is -0.0106. The number of rotatable bonds is 5. The molecule has 0 aliphatic carbocycles. The molecule has 0 saturated carbocycles. The van der Waals surface area contributed by atoms with Crippen LogP contribution in [0.3, 0.4) is 0 Å². The van der Waals surface area contributed by atoms with Gasteiger partial charge in [-0.3, -0.25) is 4.79 Å². The number of esters is 1. The minimum atomic E-state index is -3.62. The number of primary amides is 1. The van der Waals surface area contributed by atoms with Crippen molar-refractivity contribution in [1.82, 2.24) is 0 Å². The van der Waals surface area contributed by atoms with Crippen LogP contribution in [-0.4, -0.2) is 26.6 Å². The number of sulfone groups is 1. The highest BCUT2D eigenvalue weighted by atomic mass is 35.5. The van der Waals surface area contributed by atoms with Crippen LogP contribution in [-0.2, 0) is 19.4 Å². The number of nitrogens with two attached hydrogens (primary N) is 1. The molecule has 0 aliphatic heterocycles. The fraction of sp³-hybridized carbons (Fsp3) is 0.125. The smallest absolute Gasteiger partial charge is 0.339 e. The Bertz CT molecular complexity index is 881. The zero-order valence-electron chi connectivity index (χ0n) is 12.6. The molecule has 0 heterocycles. The molecular formula is C16H14ClNO5S. The molecule has 2 N–H and O–H groups in total. The van der Waals surface area contributed by atoms with Gasteiger partial charge in [0, 0.05) is 11.8 Å². The van der Waals surface area contributed by atoms with Crippen LogP contribution in [0.25, 0.3) is 0 Å². The van der Waals surface area contributed by atoms with E-state index in [2.05, 4.69) is 0 Å². The molecule has 0 fully saturated rings. The molecule has 0 aromatic heterocycles. The number of hydrogen-bond donors (Lipinski definition) is 1. The number of carbonyl (C=O) groups excluding carboxylic acids is 2. The minimum Gasteiger partial charge on any atom is -0.444 e.